The molecule has 13 rings (SSSR count). The average molecular weight is 792 g/mol. The maximum absolute atomic E-state index is 6.65. The SMILES string of the molecule is c1ccc2cc(-c3nc(-c4ccc(-c5cccc6oc7cc(-c8cccc9ccccc89)ccc7c56)c5ccccc45)nc(-c4cccc5oc6ccccc6c45)n3)ccc2c1. The van der Waals surface area contributed by atoms with Crippen LogP contribution in [-0.2, 0) is 0 Å². The zero-order valence-corrected chi connectivity index (χ0v) is 33.2. The summed E-state index contributed by atoms with van der Waals surface area (Å²) in [6.07, 6.45) is 0. The van der Waals surface area contributed by atoms with E-state index in [-0.39, 0.29) is 0 Å². The van der Waals surface area contributed by atoms with E-state index in [1.165, 1.54) is 16.3 Å². The first kappa shape index (κ1) is 34.5. The van der Waals surface area contributed by atoms with Crippen molar-refractivity contribution < 1.29 is 8.83 Å². The van der Waals surface area contributed by atoms with Gasteiger partial charge in [-0.05, 0) is 97.0 Å². The molecule has 0 saturated carbocycles. The Morgan fingerprint density at radius 1 is 0.258 bits per heavy atom. The Morgan fingerprint density at radius 2 is 0.790 bits per heavy atom. The standard InChI is InChI=1S/C57H33N3O2/c1-2-14-36-32-38(27-26-34(36)12-1)55-58-56(60-57(59-55)48-22-11-25-51-54(48)46-19-7-8-23-49(46)61-51)45-31-30-43(41-17-5-6-18-42(41)45)44-21-10-24-50-53(44)47-29-28-37(33-52(47)62-50)40-20-9-15-35-13-3-4-16-39(35)40/h1-33H. The summed E-state index contributed by atoms with van der Waals surface area (Å²) in [5, 5.41) is 11.0. The lowest BCUT2D eigenvalue weighted by Gasteiger charge is -2.14. The molecule has 0 aliphatic heterocycles. The number of aromatic nitrogens is 3. The highest BCUT2D eigenvalue weighted by Gasteiger charge is 2.21. The van der Waals surface area contributed by atoms with Gasteiger partial charge in [0.05, 0.1) is 0 Å². The van der Waals surface area contributed by atoms with Crippen LogP contribution in [0.4, 0.5) is 0 Å². The third kappa shape index (κ3) is 5.38. The molecule has 0 bridgehead atoms. The minimum atomic E-state index is 0.584. The second-order valence-electron chi connectivity index (χ2n) is 15.9. The van der Waals surface area contributed by atoms with E-state index in [1.54, 1.807) is 0 Å². The van der Waals surface area contributed by atoms with Crippen molar-refractivity contribution in [1.82, 2.24) is 15.0 Å². The molecule has 288 valence electrons. The van der Waals surface area contributed by atoms with Gasteiger partial charge in [-0.1, -0.05) is 158 Å². The van der Waals surface area contributed by atoms with E-state index in [4.69, 9.17) is 23.8 Å². The summed E-state index contributed by atoms with van der Waals surface area (Å²) < 4.78 is 13.0. The van der Waals surface area contributed by atoms with Crippen LogP contribution in [0.15, 0.2) is 209 Å². The molecule has 0 aliphatic rings. The maximum Gasteiger partial charge on any atom is 0.164 e. The van der Waals surface area contributed by atoms with Gasteiger partial charge >= 0.3 is 0 Å². The number of hydrogen-bond acceptors (Lipinski definition) is 5. The van der Waals surface area contributed by atoms with E-state index in [2.05, 4.69) is 170 Å². The molecule has 0 fully saturated rings. The summed E-state index contributed by atoms with van der Waals surface area (Å²) in [5.74, 6) is 1.78. The van der Waals surface area contributed by atoms with E-state index in [0.29, 0.717) is 17.5 Å². The van der Waals surface area contributed by atoms with Gasteiger partial charge in [-0.3, -0.25) is 0 Å². The Morgan fingerprint density at radius 3 is 1.63 bits per heavy atom. The molecule has 5 nitrogen and oxygen atoms in total. The van der Waals surface area contributed by atoms with Crippen LogP contribution in [0.25, 0.3) is 133 Å². The van der Waals surface area contributed by atoms with Crippen molar-refractivity contribution >= 4 is 76.2 Å². The molecule has 3 heterocycles. The number of rotatable bonds is 5. The van der Waals surface area contributed by atoms with Gasteiger partial charge < -0.3 is 8.83 Å². The summed E-state index contributed by atoms with van der Waals surface area (Å²) in [7, 11) is 0. The second-order valence-corrected chi connectivity index (χ2v) is 15.9. The van der Waals surface area contributed by atoms with Gasteiger partial charge in [0.15, 0.2) is 17.5 Å². The van der Waals surface area contributed by atoms with Crippen molar-refractivity contribution in [1.29, 1.82) is 0 Å². The molecule has 3 aromatic heterocycles. The largest absolute Gasteiger partial charge is 0.456 e. The first-order valence-corrected chi connectivity index (χ1v) is 20.8. The van der Waals surface area contributed by atoms with Crippen molar-refractivity contribution in [2.24, 2.45) is 0 Å². The molecule has 0 N–H and O–H groups in total. The molecule has 13 aromatic rings. The Labute approximate surface area is 355 Å². The van der Waals surface area contributed by atoms with E-state index in [0.717, 1.165) is 98.8 Å². The highest BCUT2D eigenvalue weighted by atomic mass is 16.3. The van der Waals surface area contributed by atoms with Crippen molar-refractivity contribution in [2.75, 3.05) is 0 Å². The third-order valence-electron chi connectivity index (χ3n) is 12.3. The van der Waals surface area contributed by atoms with Crippen LogP contribution in [-0.4, -0.2) is 15.0 Å². The van der Waals surface area contributed by atoms with Gasteiger partial charge in [-0.2, -0.15) is 0 Å². The lowest BCUT2D eigenvalue weighted by molar-refractivity contribution is 0.668. The Bertz CT molecular complexity index is 3950. The Balaban J connectivity index is 1.00. The van der Waals surface area contributed by atoms with Gasteiger partial charge in [-0.15, -0.1) is 0 Å². The number of benzene rings is 10. The average Bonchev–Trinajstić information content (AvgIpc) is 3.91. The smallest absolute Gasteiger partial charge is 0.164 e. The summed E-state index contributed by atoms with van der Waals surface area (Å²) in [6.45, 7) is 0. The molecule has 62 heavy (non-hydrogen) atoms. The zero-order valence-electron chi connectivity index (χ0n) is 33.2. The number of nitrogens with zero attached hydrogens (tertiary/aromatic N) is 3. The summed E-state index contributed by atoms with van der Waals surface area (Å²) in [6, 6.07) is 69.9. The molecule has 0 amide bonds. The molecule has 0 radical (unpaired) electrons. The molecule has 0 atom stereocenters. The van der Waals surface area contributed by atoms with Crippen molar-refractivity contribution in [3.63, 3.8) is 0 Å². The van der Waals surface area contributed by atoms with Crippen molar-refractivity contribution in [3.05, 3.63) is 200 Å². The van der Waals surface area contributed by atoms with E-state index < -0.39 is 0 Å². The topological polar surface area (TPSA) is 65.0 Å². The highest BCUT2D eigenvalue weighted by Crippen LogP contribution is 2.43. The van der Waals surface area contributed by atoms with Gasteiger partial charge in [0.25, 0.3) is 0 Å². The van der Waals surface area contributed by atoms with Crippen LogP contribution >= 0.6 is 0 Å². The van der Waals surface area contributed by atoms with E-state index >= 15 is 0 Å². The summed E-state index contributed by atoms with van der Waals surface area (Å²) in [5.41, 5.74) is 10.6. The quantitative estimate of drug-likeness (QED) is 0.174. The van der Waals surface area contributed by atoms with Gasteiger partial charge in [0.1, 0.15) is 22.3 Å². The summed E-state index contributed by atoms with van der Waals surface area (Å²) >= 11 is 0. The Hall–Kier alpha value is -8.41. The summed E-state index contributed by atoms with van der Waals surface area (Å²) in [4.78, 5) is 15.8. The predicted molar refractivity (Wildman–Crippen MR) is 254 cm³/mol. The fourth-order valence-corrected chi connectivity index (χ4v) is 9.46. The molecular weight excluding hydrogens is 759 g/mol. The lowest BCUT2D eigenvalue weighted by Crippen LogP contribution is -2.01. The minimum Gasteiger partial charge on any atom is -0.456 e. The van der Waals surface area contributed by atoms with E-state index in [9.17, 15) is 0 Å². The van der Waals surface area contributed by atoms with Crippen LogP contribution in [0.3, 0.4) is 0 Å². The molecule has 10 aromatic carbocycles. The third-order valence-corrected chi connectivity index (χ3v) is 12.3. The minimum absolute atomic E-state index is 0.584. The van der Waals surface area contributed by atoms with Crippen LogP contribution in [0.1, 0.15) is 0 Å². The molecule has 0 aliphatic carbocycles. The molecule has 0 unspecified atom stereocenters. The zero-order chi connectivity index (χ0) is 40.7. The van der Waals surface area contributed by atoms with Crippen LogP contribution in [0.5, 0.6) is 0 Å². The van der Waals surface area contributed by atoms with Crippen molar-refractivity contribution in [3.8, 4) is 56.4 Å². The molecule has 0 saturated heterocycles. The molecular formula is C57H33N3O2. The Kier molecular flexibility index (Phi) is 7.54. The lowest BCUT2D eigenvalue weighted by atomic mass is 9.92. The highest BCUT2D eigenvalue weighted by molar-refractivity contribution is 6.17. The fourth-order valence-electron chi connectivity index (χ4n) is 9.46. The first-order chi connectivity index (χ1) is 30.7. The van der Waals surface area contributed by atoms with Gasteiger partial charge in [-0.25, -0.2) is 15.0 Å². The van der Waals surface area contributed by atoms with Crippen LogP contribution in [0, 0.1) is 0 Å². The molecule has 5 heteroatoms. The number of hydrogen-bond donors (Lipinski definition) is 0. The van der Waals surface area contributed by atoms with E-state index in [1.807, 2.05) is 30.3 Å². The number of fused-ring (bicyclic) bond motifs is 9. The first-order valence-electron chi connectivity index (χ1n) is 20.8. The predicted octanol–water partition coefficient (Wildman–Crippen LogP) is 15.5. The number of para-hydroxylation sites is 1. The maximum atomic E-state index is 6.65. The van der Waals surface area contributed by atoms with Crippen molar-refractivity contribution in [2.45, 2.75) is 0 Å². The second kappa shape index (κ2) is 13.6. The normalized spacial score (nSPS) is 11.9. The monoisotopic (exact) mass is 791 g/mol. The van der Waals surface area contributed by atoms with Crippen LogP contribution < -0.4 is 0 Å². The fraction of sp³-hybridized carbons (Fsp3) is 0. The van der Waals surface area contributed by atoms with Gasteiger partial charge in [0.2, 0.25) is 0 Å². The van der Waals surface area contributed by atoms with Gasteiger partial charge in [0, 0.05) is 38.2 Å². The number of furan rings is 2. The van der Waals surface area contributed by atoms with Crippen LogP contribution in [0.2, 0.25) is 0 Å². The molecule has 0 spiro atoms.